The topological polar surface area (TPSA) is 39.1 Å². The van der Waals surface area contributed by atoms with Crippen molar-refractivity contribution in [3.63, 3.8) is 0 Å². The first-order valence-electron chi connectivity index (χ1n) is 6.12. The summed E-state index contributed by atoms with van der Waals surface area (Å²) in [6.45, 7) is 0. The molecule has 2 rings (SSSR count). The summed E-state index contributed by atoms with van der Waals surface area (Å²) >= 11 is 3.46. The summed E-state index contributed by atoms with van der Waals surface area (Å²) in [7, 11) is 5.59. The molecule has 0 aliphatic carbocycles. The van der Waals surface area contributed by atoms with Gasteiger partial charge in [0.1, 0.15) is 5.75 Å². The zero-order valence-electron chi connectivity index (χ0n) is 11.4. The highest BCUT2D eigenvalue weighted by Gasteiger charge is 2.16. The third kappa shape index (κ3) is 3.36. The van der Waals surface area contributed by atoms with Crippen LogP contribution in [0, 0.1) is 0 Å². The van der Waals surface area contributed by atoms with Crippen LogP contribution in [0.2, 0.25) is 0 Å². The Labute approximate surface area is 121 Å². The van der Waals surface area contributed by atoms with Crippen LogP contribution in [0.15, 0.2) is 35.1 Å². The Morgan fingerprint density at radius 3 is 2.84 bits per heavy atom. The van der Waals surface area contributed by atoms with Gasteiger partial charge < -0.3 is 10.1 Å². The lowest BCUT2D eigenvalue weighted by Crippen LogP contribution is -2.19. The number of nitrogens with one attached hydrogen (secondary N) is 1. The average Bonchev–Trinajstić information content (AvgIpc) is 2.81. The molecule has 4 nitrogen and oxygen atoms in total. The maximum atomic E-state index is 5.46. The molecule has 0 aliphatic rings. The van der Waals surface area contributed by atoms with Crippen LogP contribution >= 0.6 is 15.9 Å². The molecule has 0 spiro atoms. The Hall–Kier alpha value is -1.33. The average molecular weight is 324 g/mol. The van der Waals surface area contributed by atoms with E-state index in [9.17, 15) is 0 Å². The molecular weight excluding hydrogens is 306 g/mol. The van der Waals surface area contributed by atoms with Crippen molar-refractivity contribution in [3.05, 3.63) is 46.2 Å². The molecule has 0 radical (unpaired) electrons. The molecule has 1 N–H and O–H groups in total. The van der Waals surface area contributed by atoms with Gasteiger partial charge >= 0.3 is 0 Å². The van der Waals surface area contributed by atoms with E-state index in [1.807, 2.05) is 43.3 Å². The van der Waals surface area contributed by atoms with Crippen LogP contribution in [0.1, 0.15) is 17.2 Å². The van der Waals surface area contributed by atoms with Crippen LogP contribution in [-0.4, -0.2) is 23.9 Å². The van der Waals surface area contributed by atoms with Crippen molar-refractivity contribution in [2.45, 2.75) is 12.5 Å². The Morgan fingerprint density at radius 2 is 2.26 bits per heavy atom. The van der Waals surface area contributed by atoms with Gasteiger partial charge in [0.2, 0.25) is 0 Å². The second-order valence-corrected chi connectivity index (χ2v) is 5.37. The van der Waals surface area contributed by atoms with Crippen LogP contribution in [0.3, 0.4) is 0 Å². The van der Waals surface area contributed by atoms with E-state index in [-0.39, 0.29) is 6.04 Å². The molecular formula is C14H18BrN3O. The van der Waals surface area contributed by atoms with Crippen molar-refractivity contribution < 1.29 is 4.74 Å². The fourth-order valence-corrected chi connectivity index (χ4v) is 2.49. The van der Waals surface area contributed by atoms with Gasteiger partial charge in [0.05, 0.1) is 13.3 Å². The van der Waals surface area contributed by atoms with Gasteiger partial charge in [0, 0.05) is 29.3 Å². The third-order valence-electron chi connectivity index (χ3n) is 3.12. The molecule has 0 amide bonds. The molecule has 1 unspecified atom stereocenters. The molecule has 1 heterocycles. The molecule has 1 atom stereocenters. The largest absolute Gasteiger partial charge is 0.496 e. The SMILES string of the molecule is CNC(Cc1cnn(C)c1)c1ccc(Br)cc1OC. The third-order valence-corrected chi connectivity index (χ3v) is 3.61. The summed E-state index contributed by atoms with van der Waals surface area (Å²) in [4.78, 5) is 0. The van der Waals surface area contributed by atoms with Gasteiger partial charge in [-0.05, 0) is 31.2 Å². The molecule has 0 saturated heterocycles. The molecule has 0 bridgehead atoms. The standard InChI is InChI=1S/C14H18BrN3O/c1-16-13(6-10-8-17-18(2)9-10)12-5-4-11(15)7-14(12)19-3/h4-5,7-9,13,16H,6H2,1-3H3. The highest BCUT2D eigenvalue weighted by molar-refractivity contribution is 9.10. The number of halogens is 1. The lowest BCUT2D eigenvalue weighted by molar-refractivity contribution is 0.401. The lowest BCUT2D eigenvalue weighted by atomic mass is 10.00. The minimum atomic E-state index is 0.201. The summed E-state index contributed by atoms with van der Waals surface area (Å²) in [5.74, 6) is 0.887. The fourth-order valence-electron chi connectivity index (χ4n) is 2.15. The molecule has 0 aliphatic heterocycles. The summed E-state index contributed by atoms with van der Waals surface area (Å²) in [6, 6.07) is 6.31. The van der Waals surface area contributed by atoms with Crippen LogP contribution in [0.4, 0.5) is 0 Å². The molecule has 19 heavy (non-hydrogen) atoms. The zero-order chi connectivity index (χ0) is 13.8. The number of rotatable bonds is 5. The van der Waals surface area contributed by atoms with E-state index >= 15 is 0 Å². The second kappa shape index (κ2) is 6.21. The number of methoxy groups -OCH3 is 1. The molecule has 1 aromatic heterocycles. The van der Waals surface area contributed by atoms with E-state index in [0.717, 1.165) is 22.2 Å². The molecule has 2 aromatic rings. The van der Waals surface area contributed by atoms with Gasteiger partial charge in [-0.2, -0.15) is 5.10 Å². The van der Waals surface area contributed by atoms with E-state index in [0.29, 0.717) is 0 Å². The van der Waals surface area contributed by atoms with Gasteiger partial charge in [-0.15, -0.1) is 0 Å². The minimum absolute atomic E-state index is 0.201. The van der Waals surface area contributed by atoms with Gasteiger partial charge in [0.15, 0.2) is 0 Å². The van der Waals surface area contributed by atoms with E-state index in [1.165, 1.54) is 5.56 Å². The fraction of sp³-hybridized carbons (Fsp3) is 0.357. The number of aryl methyl sites for hydroxylation is 1. The van der Waals surface area contributed by atoms with Crippen molar-refractivity contribution in [3.8, 4) is 5.75 Å². The van der Waals surface area contributed by atoms with Crippen molar-refractivity contribution in [1.29, 1.82) is 0 Å². The van der Waals surface area contributed by atoms with Crippen LogP contribution < -0.4 is 10.1 Å². The Morgan fingerprint density at radius 1 is 1.47 bits per heavy atom. The van der Waals surface area contributed by atoms with Crippen LogP contribution in [-0.2, 0) is 13.5 Å². The smallest absolute Gasteiger partial charge is 0.124 e. The molecule has 0 saturated carbocycles. The van der Waals surface area contributed by atoms with Crippen LogP contribution in [0.25, 0.3) is 0 Å². The maximum absolute atomic E-state index is 5.46. The van der Waals surface area contributed by atoms with Gasteiger partial charge in [-0.1, -0.05) is 22.0 Å². The minimum Gasteiger partial charge on any atom is -0.496 e. The Bertz CT molecular complexity index is 553. The number of benzene rings is 1. The number of hydrogen-bond donors (Lipinski definition) is 1. The zero-order valence-corrected chi connectivity index (χ0v) is 12.9. The number of ether oxygens (including phenoxy) is 1. The van der Waals surface area contributed by atoms with E-state index < -0.39 is 0 Å². The number of nitrogens with zero attached hydrogens (tertiary/aromatic N) is 2. The second-order valence-electron chi connectivity index (χ2n) is 4.45. The predicted octanol–water partition coefficient (Wildman–Crippen LogP) is 2.69. The Balaban J connectivity index is 2.26. The molecule has 0 fully saturated rings. The normalized spacial score (nSPS) is 12.4. The maximum Gasteiger partial charge on any atom is 0.124 e. The molecule has 5 heteroatoms. The number of hydrogen-bond acceptors (Lipinski definition) is 3. The highest BCUT2D eigenvalue weighted by Crippen LogP contribution is 2.30. The summed E-state index contributed by atoms with van der Waals surface area (Å²) < 4.78 is 8.30. The van der Waals surface area contributed by atoms with Gasteiger partial charge in [-0.3, -0.25) is 4.68 Å². The lowest BCUT2D eigenvalue weighted by Gasteiger charge is -2.19. The molecule has 102 valence electrons. The van der Waals surface area contributed by atoms with Gasteiger partial charge in [0.25, 0.3) is 0 Å². The summed E-state index contributed by atoms with van der Waals surface area (Å²) in [5, 5.41) is 7.54. The first-order valence-corrected chi connectivity index (χ1v) is 6.91. The summed E-state index contributed by atoms with van der Waals surface area (Å²) in [6.07, 6.45) is 4.81. The van der Waals surface area contributed by atoms with E-state index in [1.54, 1.807) is 7.11 Å². The summed E-state index contributed by atoms with van der Waals surface area (Å²) in [5.41, 5.74) is 2.35. The Kier molecular flexibility index (Phi) is 4.61. The number of likely N-dealkylation sites (N-methyl/N-ethyl adjacent to an activating group) is 1. The predicted molar refractivity (Wildman–Crippen MR) is 79.4 cm³/mol. The first kappa shape index (κ1) is 14.1. The van der Waals surface area contributed by atoms with Crippen molar-refractivity contribution in [2.24, 2.45) is 7.05 Å². The quantitative estimate of drug-likeness (QED) is 0.919. The van der Waals surface area contributed by atoms with Crippen molar-refractivity contribution in [1.82, 2.24) is 15.1 Å². The highest BCUT2D eigenvalue weighted by atomic mass is 79.9. The van der Waals surface area contributed by atoms with E-state index in [4.69, 9.17) is 4.74 Å². The monoisotopic (exact) mass is 323 g/mol. The molecule has 1 aromatic carbocycles. The van der Waals surface area contributed by atoms with Gasteiger partial charge in [-0.25, -0.2) is 0 Å². The van der Waals surface area contributed by atoms with Crippen LogP contribution in [0.5, 0.6) is 5.75 Å². The number of aromatic nitrogens is 2. The van der Waals surface area contributed by atoms with E-state index in [2.05, 4.69) is 32.4 Å². The van der Waals surface area contributed by atoms with Crippen molar-refractivity contribution >= 4 is 15.9 Å². The first-order chi connectivity index (χ1) is 9.13. The van der Waals surface area contributed by atoms with Crippen molar-refractivity contribution in [2.75, 3.05) is 14.2 Å².